The normalized spacial score (nSPS) is 15.8. The molecule has 1 aromatic heterocycles. The van der Waals surface area contributed by atoms with E-state index in [-0.39, 0.29) is 17.7 Å². The van der Waals surface area contributed by atoms with Crippen molar-refractivity contribution in [2.45, 2.75) is 13.0 Å². The minimum atomic E-state index is -0.188. The molecule has 1 amide bonds. The minimum absolute atomic E-state index is 0.137. The summed E-state index contributed by atoms with van der Waals surface area (Å²) in [5.41, 5.74) is 5.91. The number of para-hydroxylation sites is 1. The van der Waals surface area contributed by atoms with Gasteiger partial charge in [-0.3, -0.25) is 14.6 Å². The molecule has 0 radical (unpaired) electrons. The number of aromatic nitrogens is 1. The van der Waals surface area contributed by atoms with E-state index < -0.39 is 0 Å². The Morgan fingerprint density at radius 1 is 0.971 bits per heavy atom. The minimum Gasteiger partial charge on any atom is -0.359 e. The largest absolute Gasteiger partial charge is 0.359 e. The number of nitrogens with zero attached hydrogens (tertiary/aromatic N) is 2. The Morgan fingerprint density at radius 3 is 2.32 bits per heavy atom. The lowest BCUT2D eigenvalue weighted by Crippen LogP contribution is -2.54. The summed E-state index contributed by atoms with van der Waals surface area (Å²) in [5.74, 6) is -0.0510. The highest BCUT2D eigenvalue weighted by atomic mass is 16.1. The molecule has 0 saturated carbocycles. The molecule has 1 atom stereocenters. The van der Waals surface area contributed by atoms with Gasteiger partial charge in [-0.05, 0) is 54.4 Å². The van der Waals surface area contributed by atoms with E-state index in [9.17, 15) is 9.59 Å². The topological polar surface area (TPSA) is 74.3 Å². The third-order valence-corrected chi connectivity index (χ3v) is 6.24. The summed E-state index contributed by atoms with van der Waals surface area (Å²) in [5, 5.41) is 7.13. The number of benzene rings is 3. The monoisotopic (exact) mass is 450 g/mol. The molecule has 3 aromatic rings. The number of rotatable bonds is 4. The number of amides is 1. The van der Waals surface area contributed by atoms with Crippen LogP contribution in [-0.2, 0) is 4.79 Å². The molecule has 2 heterocycles. The zero-order chi connectivity index (χ0) is 23.5. The SMILES string of the molecule is CC(=O)C1CNCCN1c1ccc(C(=O)Nc2cnc3ccccc3c2)cc1.c1cc2ccc1-2. The smallest absolute Gasteiger partial charge is 0.255 e. The zero-order valence-electron chi connectivity index (χ0n) is 19.0. The average Bonchev–Trinajstić information content (AvgIpc) is 2.86. The summed E-state index contributed by atoms with van der Waals surface area (Å²) < 4.78 is 0. The van der Waals surface area contributed by atoms with Gasteiger partial charge in [0.05, 0.1) is 23.4 Å². The molecule has 2 aromatic carbocycles. The number of fused-ring (bicyclic) bond motifs is 2. The molecular formula is C28H26N4O2. The Hall–Kier alpha value is -4.03. The maximum Gasteiger partial charge on any atom is 0.255 e. The maximum atomic E-state index is 12.6. The lowest BCUT2D eigenvalue weighted by Gasteiger charge is -2.36. The highest BCUT2D eigenvalue weighted by Gasteiger charge is 2.26. The van der Waals surface area contributed by atoms with E-state index in [0.717, 1.165) is 29.7 Å². The molecule has 2 N–H and O–H groups in total. The third-order valence-electron chi connectivity index (χ3n) is 6.24. The van der Waals surface area contributed by atoms with E-state index in [4.69, 9.17) is 0 Å². The summed E-state index contributed by atoms with van der Waals surface area (Å²) in [6, 6.07) is 25.4. The zero-order valence-corrected chi connectivity index (χ0v) is 19.0. The molecule has 6 nitrogen and oxygen atoms in total. The van der Waals surface area contributed by atoms with Crippen molar-refractivity contribution in [3.05, 3.63) is 90.6 Å². The van der Waals surface area contributed by atoms with Crippen LogP contribution in [0, 0.1) is 0 Å². The standard InChI is InChI=1S/C22H22N4O2.C6H4/c1-15(27)21-14-23-10-11-26(21)19-8-6-16(7-9-19)22(28)25-18-12-17-4-2-3-5-20(17)24-13-18;1-2-6-4-3-5(1)6/h2-9,12-13,21,23H,10-11,14H2,1H3,(H,25,28);1-4H. The van der Waals surface area contributed by atoms with Gasteiger partial charge in [-0.25, -0.2) is 0 Å². The van der Waals surface area contributed by atoms with Gasteiger partial charge in [0.2, 0.25) is 0 Å². The van der Waals surface area contributed by atoms with Crippen molar-refractivity contribution in [3.8, 4) is 11.1 Å². The van der Waals surface area contributed by atoms with Crippen LogP contribution in [0.3, 0.4) is 0 Å². The van der Waals surface area contributed by atoms with Crippen molar-refractivity contribution in [3.63, 3.8) is 0 Å². The van der Waals surface area contributed by atoms with Gasteiger partial charge in [0.25, 0.3) is 5.91 Å². The Kier molecular flexibility index (Phi) is 6.06. The molecule has 1 saturated heterocycles. The van der Waals surface area contributed by atoms with Crippen LogP contribution in [0.4, 0.5) is 11.4 Å². The average molecular weight is 451 g/mol. The van der Waals surface area contributed by atoms with Crippen LogP contribution < -0.4 is 15.5 Å². The summed E-state index contributed by atoms with van der Waals surface area (Å²) in [7, 11) is 0. The Bertz CT molecular complexity index is 1310. The number of hydrogen-bond acceptors (Lipinski definition) is 5. The van der Waals surface area contributed by atoms with E-state index in [1.165, 1.54) is 11.1 Å². The molecular weight excluding hydrogens is 424 g/mol. The molecule has 1 aliphatic heterocycles. The van der Waals surface area contributed by atoms with Gasteiger partial charge < -0.3 is 15.5 Å². The van der Waals surface area contributed by atoms with Gasteiger partial charge in [-0.15, -0.1) is 0 Å². The van der Waals surface area contributed by atoms with Gasteiger partial charge in [-0.2, -0.15) is 0 Å². The van der Waals surface area contributed by atoms with Crippen LogP contribution >= 0.6 is 0 Å². The summed E-state index contributed by atoms with van der Waals surface area (Å²) in [4.78, 5) is 31.0. The van der Waals surface area contributed by atoms with Gasteiger partial charge in [-0.1, -0.05) is 42.5 Å². The first-order chi connectivity index (χ1) is 16.6. The van der Waals surface area contributed by atoms with Crippen LogP contribution in [-0.4, -0.2) is 42.4 Å². The fourth-order valence-corrected chi connectivity index (χ4v) is 4.19. The van der Waals surface area contributed by atoms with Crippen LogP contribution in [0.2, 0.25) is 0 Å². The number of carbonyl (C=O) groups excluding carboxylic acids is 2. The van der Waals surface area contributed by atoms with Gasteiger partial charge in [0, 0.05) is 36.3 Å². The Morgan fingerprint density at radius 2 is 1.68 bits per heavy atom. The number of hydrogen-bond donors (Lipinski definition) is 2. The summed E-state index contributed by atoms with van der Waals surface area (Å²) in [6.07, 6.45) is 1.66. The first kappa shape index (κ1) is 21.8. The van der Waals surface area contributed by atoms with Crippen LogP contribution in [0.1, 0.15) is 17.3 Å². The number of piperazine rings is 1. The molecule has 2 aliphatic carbocycles. The second-order valence-corrected chi connectivity index (χ2v) is 8.52. The van der Waals surface area contributed by atoms with Gasteiger partial charge in [0.15, 0.2) is 5.78 Å². The van der Waals surface area contributed by atoms with E-state index in [0.29, 0.717) is 17.8 Å². The lowest BCUT2D eigenvalue weighted by molar-refractivity contribution is -0.118. The number of carbonyl (C=O) groups is 2. The van der Waals surface area contributed by atoms with E-state index >= 15 is 0 Å². The molecule has 1 unspecified atom stereocenters. The van der Waals surface area contributed by atoms with Crippen LogP contribution in [0.25, 0.3) is 22.0 Å². The quantitative estimate of drug-likeness (QED) is 0.421. The van der Waals surface area contributed by atoms with Crippen molar-refractivity contribution >= 4 is 34.0 Å². The lowest BCUT2D eigenvalue weighted by atomic mass is 9.95. The van der Waals surface area contributed by atoms with Crippen molar-refractivity contribution in [1.82, 2.24) is 10.3 Å². The predicted octanol–water partition coefficient (Wildman–Crippen LogP) is 4.52. The van der Waals surface area contributed by atoms with Crippen molar-refractivity contribution < 1.29 is 9.59 Å². The fourth-order valence-electron chi connectivity index (χ4n) is 4.19. The van der Waals surface area contributed by atoms with E-state index in [1.807, 2.05) is 42.5 Å². The van der Waals surface area contributed by atoms with Crippen LogP contribution in [0.15, 0.2) is 85.1 Å². The Balaban J connectivity index is 0.000000343. The highest BCUT2D eigenvalue weighted by Crippen LogP contribution is 2.29. The fraction of sp³-hybridized carbons (Fsp3) is 0.179. The van der Waals surface area contributed by atoms with E-state index in [1.54, 1.807) is 25.3 Å². The van der Waals surface area contributed by atoms with Gasteiger partial charge >= 0.3 is 0 Å². The van der Waals surface area contributed by atoms with Crippen molar-refractivity contribution in [2.24, 2.45) is 0 Å². The highest BCUT2D eigenvalue weighted by molar-refractivity contribution is 6.05. The van der Waals surface area contributed by atoms with Crippen LogP contribution in [0.5, 0.6) is 0 Å². The molecule has 6 heteroatoms. The number of ketones is 1. The molecule has 170 valence electrons. The first-order valence-electron chi connectivity index (χ1n) is 11.4. The van der Waals surface area contributed by atoms with Crippen molar-refractivity contribution in [2.75, 3.05) is 29.9 Å². The van der Waals surface area contributed by atoms with Crippen molar-refractivity contribution in [1.29, 1.82) is 0 Å². The maximum absolute atomic E-state index is 12.6. The Labute approximate surface area is 198 Å². The molecule has 3 aliphatic rings. The second-order valence-electron chi connectivity index (χ2n) is 8.52. The number of nitrogens with one attached hydrogen (secondary N) is 2. The predicted molar refractivity (Wildman–Crippen MR) is 136 cm³/mol. The first-order valence-corrected chi connectivity index (χ1v) is 11.4. The molecule has 6 rings (SSSR count). The molecule has 34 heavy (non-hydrogen) atoms. The van der Waals surface area contributed by atoms with Gasteiger partial charge in [0.1, 0.15) is 0 Å². The number of Topliss-reactive ketones (excluding diaryl/α,β-unsaturated/α-hetero) is 1. The second kappa shape index (κ2) is 9.45. The molecule has 0 bridgehead atoms. The summed E-state index contributed by atoms with van der Waals surface area (Å²) in [6.45, 7) is 3.86. The third kappa shape index (κ3) is 4.54. The van der Waals surface area contributed by atoms with E-state index in [2.05, 4.69) is 44.8 Å². The molecule has 1 fully saturated rings. The summed E-state index contributed by atoms with van der Waals surface area (Å²) >= 11 is 0. The number of pyridine rings is 1. The number of anilines is 2. The molecule has 0 spiro atoms.